The highest BCUT2D eigenvalue weighted by molar-refractivity contribution is 5.87. The summed E-state index contributed by atoms with van der Waals surface area (Å²) in [6, 6.07) is -1.84. The Morgan fingerprint density at radius 3 is 2.17 bits per heavy atom. The second kappa shape index (κ2) is 6.23. The largest absolute Gasteiger partial charge is 0.480 e. The minimum Gasteiger partial charge on any atom is -0.480 e. The standard InChI is InChI=1S/C11H21N3O4/c1-11(2,3)6-14(4)10(18)13-7(9(16)17)5-8(12)15/h7H,5-6H2,1-4H3,(H2,12,15)(H,13,18)(H,16,17). The minimum absolute atomic E-state index is 0.103. The van der Waals surface area contributed by atoms with Crippen molar-refractivity contribution in [2.75, 3.05) is 13.6 Å². The van der Waals surface area contributed by atoms with Gasteiger partial charge in [0, 0.05) is 13.6 Å². The van der Waals surface area contributed by atoms with Crippen molar-refractivity contribution in [3.8, 4) is 0 Å². The highest BCUT2D eigenvalue weighted by Gasteiger charge is 2.25. The van der Waals surface area contributed by atoms with Crippen LogP contribution in [0.3, 0.4) is 0 Å². The van der Waals surface area contributed by atoms with Crippen LogP contribution in [-0.4, -0.2) is 47.5 Å². The molecule has 1 unspecified atom stereocenters. The maximum absolute atomic E-state index is 11.7. The summed E-state index contributed by atoms with van der Waals surface area (Å²) in [6.45, 7) is 6.32. The number of hydrogen-bond donors (Lipinski definition) is 3. The van der Waals surface area contributed by atoms with E-state index in [2.05, 4.69) is 5.32 Å². The number of carboxylic acid groups (broad SMARTS) is 1. The Hall–Kier alpha value is -1.79. The van der Waals surface area contributed by atoms with Crippen LogP contribution >= 0.6 is 0 Å². The maximum atomic E-state index is 11.7. The fourth-order valence-electron chi connectivity index (χ4n) is 1.44. The monoisotopic (exact) mass is 259 g/mol. The molecule has 0 bridgehead atoms. The third-order valence-electron chi connectivity index (χ3n) is 2.06. The van der Waals surface area contributed by atoms with Gasteiger partial charge in [-0.15, -0.1) is 0 Å². The molecule has 0 saturated carbocycles. The quantitative estimate of drug-likeness (QED) is 0.645. The smallest absolute Gasteiger partial charge is 0.326 e. The molecule has 4 N–H and O–H groups in total. The molecule has 0 spiro atoms. The van der Waals surface area contributed by atoms with Gasteiger partial charge in [-0.05, 0) is 5.41 Å². The molecule has 0 heterocycles. The van der Waals surface area contributed by atoms with E-state index in [-0.39, 0.29) is 5.41 Å². The van der Waals surface area contributed by atoms with E-state index < -0.39 is 30.4 Å². The van der Waals surface area contributed by atoms with Gasteiger partial charge in [0.05, 0.1) is 6.42 Å². The van der Waals surface area contributed by atoms with E-state index in [0.29, 0.717) is 6.54 Å². The SMILES string of the molecule is CN(CC(C)(C)C)C(=O)NC(CC(N)=O)C(=O)O. The van der Waals surface area contributed by atoms with Crippen LogP contribution in [-0.2, 0) is 9.59 Å². The van der Waals surface area contributed by atoms with Crippen molar-refractivity contribution in [3.05, 3.63) is 0 Å². The molecule has 1 atom stereocenters. The van der Waals surface area contributed by atoms with Crippen LogP contribution in [0.15, 0.2) is 0 Å². The molecule has 0 aliphatic rings. The predicted molar refractivity (Wildman–Crippen MR) is 65.9 cm³/mol. The van der Waals surface area contributed by atoms with Crippen molar-refractivity contribution in [2.45, 2.75) is 33.2 Å². The summed E-state index contributed by atoms with van der Waals surface area (Å²) in [5, 5.41) is 11.1. The van der Waals surface area contributed by atoms with Crippen LogP contribution in [0.1, 0.15) is 27.2 Å². The van der Waals surface area contributed by atoms with Gasteiger partial charge in [0.1, 0.15) is 6.04 Å². The van der Waals surface area contributed by atoms with E-state index in [0.717, 1.165) is 0 Å². The molecule has 7 nitrogen and oxygen atoms in total. The zero-order valence-corrected chi connectivity index (χ0v) is 11.2. The molecular formula is C11H21N3O4. The molecule has 0 aromatic rings. The molecule has 0 fully saturated rings. The fourth-order valence-corrected chi connectivity index (χ4v) is 1.44. The first-order valence-corrected chi connectivity index (χ1v) is 5.55. The van der Waals surface area contributed by atoms with Crippen molar-refractivity contribution in [1.29, 1.82) is 0 Å². The molecule has 0 aliphatic heterocycles. The molecule has 3 amide bonds. The van der Waals surface area contributed by atoms with Crippen LogP contribution in [0.2, 0.25) is 0 Å². The topological polar surface area (TPSA) is 113 Å². The summed E-state index contributed by atoms with van der Waals surface area (Å²) >= 11 is 0. The molecule has 104 valence electrons. The highest BCUT2D eigenvalue weighted by Crippen LogP contribution is 2.14. The number of nitrogens with two attached hydrogens (primary N) is 1. The molecule has 7 heteroatoms. The summed E-state index contributed by atoms with van der Waals surface area (Å²) in [5.41, 5.74) is 4.81. The molecule has 0 aromatic carbocycles. The van der Waals surface area contributed by atoms with E-state index in [1.807, 2.05) is 20.8 Å². The van der Waals surface area contributed by atoms with Crippen molar-refractivity contribution in [3.63, 3.8) is 0 Å². The molecule has 0 aromatic heterocycles. The van der Waals surface area contributed by atoms with Gasteiger partial charge in [-0.1, -0.05) is 20.8 Å². The van der Waals surface area contributed by atoms with E-state index in [1.54, 1.807) is 7.05 Å². The number of rotatable bonds is 5. The number of carbonyl (C=O) groups is 3. The lowest BCUT2D eigenvalue weighted by Gasteiger charge is -2.27. The first-order valence-electron chi connectivity index (χ1n) is 5.55. The zero-order chi connectivity index (χ0) is 14.5. The number of primary amides is 1. The lowest BCUT2D eigenvalue weighted by atomic mass is 9.96. The van der Waals surface area contributed by atoms with E-state index in [9.17, 15) is 14.4 Å². The van der Waals surface area contributed by atoms with E-state index in [4.69, 9.17) is 10.8 Å². The second-order valence-corrected chi connectivity index (χ2v) is 5.43. The molecular weight excluding hydrogens is 238 g/mol. The average Bonchev–Trinajstić information content (AvgIpc) is 2.12. The van der Waals surface area contributed by atoms with Crippen LogP contribution in [0.4, 0.5) is 4.79 Å². The number of nitrogens with one attached hydrogen (secondary N) is 1. The van der Waals surface area contributed by atoms with Gasteiger partial charge in [-0.25, -0.2) is 9.59 Å². The van der Waals surface area contributed by atoms with Gasteiger partial charge in [-0.3, -0.25) is 4.79 Å². The minimum atomic E-state index is -1.29. The van der Waals surface area contributed by atoms with Gasteiger partial charge in [0.15, 0.2) is 0 Å². The summed E-state index contributed by atoms with van der Waals surface area (Å²) in [5.74, 6) is -2.06. The Balaban J connectivity index is 4.50. The van der Waals surface area contributed by atoms with Crippen LogP contribution in [0.5, 0.6) is 0 Å². The van der Waals surface area contributed by atoms with Crippen LogP contribution in [0.25, 0.3) is 0 Å². The lowest BCUT2D eigenvalue weighted by Crippen LogP contribution is -2.49. The van der Waals surface area contributed by atoms with Gasteiger partial charge < -0.3 is 21.1 Å². The van der Waals surface area contributed by atoms with E-state index in [1.165, 1.54) is 4.90 Å². The van der Waals surface area contributed by atoms with Crippen molar-refractivity contribution in [1.82, 2.24) is 10.2 Å². The van der Waals surface area contributed by atoms with E-state index >= 15 is 0 Å². The Kier molecular flexibility index (Phi) is 5.61. The number of hydrogen-bond acceptors (Lipinski definition) is 3. The van der Waals surface area contributed by atoms with Gasteiger partial charge >= 0.3 is 12.0 Å². The number of amides is 3. The number of carboxylic acids is 1. The van der Waals surface area contributed by atoms with Crippen molar-refractivity contribution < 1.29 is 19.5 Å². The Morgan fingerprint density at radius 1 is 1.33 bits per heavy atom. The van der Waals surface area contributed by atoms with Crippen molar-refractivity contribution in [2.24, 2.45) is 11.1 Å². The number of aliphatic carboxylic acids is 1. The summed E-state index contributed by atoms with van der Waals surface area (Å²) in [7, 11) is 1.56. The summed E-state index contributed by atoms with van der Waals surface area (Å²) in [6.07, 6.45) is -0.426. The molecule has 0 rings (SSSR count). The third-order valence-corrected chi connectivity index (χ3v) is 2.06. The third kappa shape index (κ3) is 6.72. The lowest BCUT2D eigenvalue weighted by molar-refractivity contribution is -0.140. The van der Waals surface area contributed by atoms with Crippen molar-refractivity contribution >= 4 is 17.9 Å². The zero-order valence-electron chi connectivity index (χ0n) is 11.2. The number of nitrogens with zero attached hydrogens (tertiary/aromatic N) is 1. The van der Waals surface area contributed by atoms with Gasteiger partial charge in [-0.2, -0.15) is 0 Å². The molecule has 0 aliphatic carbocycles. The second-order valence-electron chi connectivity index (χ2n) is 5.43. The summed E-state index contributed by atoms with van der Waals surface area (Å²) in [4.78, 5) is 34.6. The average molecular weight is 259 g/mol. The fraction of sp³-hybridized carbons (Fsp3) is 0.727. The summed E-state index contributed by atoms with van der Waals surface area (Å²) < 4.78 is 0. The molecule has 18 heavy (non-hydrogen) atoms. The predicted octanol–water partition coefficient (Wildman–Crippen LogP) is 0.00250. The first kappa shape index (κ1) is 16.2. The maximum Gasteiger partial charge on any atom is 0.326 e. The normalized spacial score (nSPS) is 12.7. The Bertz CT molecular complexity index is 336. The van der Waals surface area contributed by atoms with Gasteiger partial charge in [0.25, 0.3) is 0 Å². The Morgan fingerprint density at radius 2 is 1.83 bits per heavy atom. The molecule has 0 saturated heterocycles. The number of carbonyl (C=O) groups excluding carboxylic acids is 2. The van der Waals surface area contributed by atoms with Crippen LogP contribution < -0.4 is 11.1 Å². The van der Waals surface area contributed by atoms with Gasteiger partial charge in [0.2, 0.25) is 5.91 Å². The first-order chi connectivity index (χ1) is 8.03. The highest BCUT2D eigenvalue weighted by atomic mass is 16.4. The molecule has 0 radical (unpaired) electrons. The Labute approximate surface area is 106 Å². The number of urea groups is 1. The van der Waals surface area contributed by atoms with Crippen LogP contribution in [0, 0.1) is 5.41 Å².